The lowest BCUT2D eigenvalue weighted by Gasteiger charge is -2.24. The molecule has 4 rings (SSSR count). The highest BCUT2D eigenvalue weighted by Gasteiger charge is 2.26. The molecule has 29 heavy (non-hydrogen) atoms. The fraction of sp³-hybridized carbons (Fsp3) is 0.300. The molecule has 0 spiro atoms. The van der Waals surface area contributed by atoms with Crippen LogP contribution in [0.5, 0.6) is 5.75 Å². The summed E-state index contributed by atoms with van der Waals surface area (Å²) >= 11 is 0. The molecule has 2 amide bonds. The maximum Gasteiger partial charge on any atom is 0.265 e. The summed E-state index contributed by atoms with van der Waals surface area (Å²) in [6.07, 6.45) is 0.619. The Morgan fingerprint density at radius 3 is 2.69 bits per heavy atom. The summed E-state index contributed by atoms with van der Waals surface area (Å²) < 4.78 is 34.1. The molecule has 152 valence electrons. The summed E-state index contributed by atoms with van der Waals surface area (Å²) in [7, 11) is -3.91. The Bertz CT molecular complexity index is 1110. The maximum absolute atomic E-state index is 13.0. The molecule has 0 bridgehead atoms. The second kappa shape index (κ2) is 7.07. The Labute approximate surface area is 168 Å². The van der Waals surface area contributed by atoms with Gasteiger partial charge in [0.15, 0.2) is 6.10 Å². The zero-order chi connectivity index (χ0) is 20.8. The van der Waals surface area contributed by atoms with E-state index in [4.69, 9.17) is 4.74 Å². The topological polar surface area (TPSA) is 105 Å². The van der Waals surface area contributed by atoms with Gasteiger partial charge in [-0.2, -0.15) is 0 Å². The van der Waals surface area contributed by atoms with Crippen LogP contribution in [0.15, 0.2) is 41.3 Å². The van der Waals surface area contributed by atoms with Crippen molar-refractivity contribution < 1.29 is 22.7 Å². The van der Waals surface area contributed by atoms with Crippen molar-refractivity contribution in [2.75, 3.05) is 21.5 Å². The fourth-order valence-electron chi connectivity index (χ4n) is 3.45. The molecule has 0 saturated carbocycles. The maximum atomic E-state index is 13.0. The Hall–Kier alpha value is -3.07. The Kier molecular flexibility index (Phi) is 4.70. The number of nitrogens with zero attached hydrogens (tertiary/aromatic N) is 1. The van der Waals surface area contributed by atoms with Crippen molar-refractivity contribution in [3.05, 3.63) is 42.0 Å². The Balaban J connectivity index is 1.63. The van der Waals surface area contributed by atoms with Crippen molar-refractivity contribution >= 4 is 38.9 Å². The molecule has 2 aliphatic rings. The quantitative estimate of drug-likeness (QED) is 0.799. The predicted molar refractivity (Wildman–Crippen MR) is 109 cm³/mol. The van der Waals surface area contributed by atoms with Crippen LogP contribution >= 0.6 is 0 Å². The summed E-state index contributed by atoms with van der Waals surface area (Å²) in [6.45, 7) is 3.92. The molecule has 1 saturated heterocycles. The van der Waals surface area contributed by atoms with E-state index in [1.165, 1.54) is 12.1 Å². The summed E-state index contributed by atoms with van der Waals surface area (Å²) in [5.41, 5.74) is 1.83. The monoisotopic (exact) mass is 415 g/mol. The van der Waals surface area contributed by atoms with Crippen LogP contribution < -0.4 is 19.7 Å². The first-order valence-corrected chi connectivity index (χ1v) is 10.8. The average Bonchev–Trinajstić information content (AvgIpc) is 3.09. The third-order valence-corrected chi connectivity index (χ3v) is 6.53. The molecule has 1 atom stereocenters. The number of carbonyl (C=O) groups excluding carboxylic acids is 2. The summed E-state index contributed by atoms with van der Waals surface area (Å²) in [5, 5.41) is 2.70. The van der Waals surface area contributed by atoms with Gasteiger partial charge in [0.05, 0.1) is 16.3 Å². The lowest BCUT2D eigenvalue weighted by Crippen LogP contribution is -2.34. The SMILES string of the molecule is Cc1ccc(N2CCCC2=O)cc1S(=O)(=O)Nc1ccc2c(c1)NC(=O)C(C)O2. The minimum Gasteiger partial charge on any atom is -0.479 e. The first-order chi connectivity index (χ1) is 13.7. The van der Waals surface area contributed by atoms with Gasteiger partial charge in [-0.1, -0.05) is 6.07 Å². The molecule has 0 radical (unpaired) electrons. The number of hydrogen-bond acceptors (Lipinski definition) is 5. The summed E-state index contributed by atoms with van der Waals surface area (Å²) in [4.78, 5) is 25.5. The average molecular weight is 415 g/mol. The van der Waals surface area contributed by atoms with Crippen molar-refractivity contribution in [1.29, 1.82) is 0 Å². The Morgan fingerprint density at radius 1 is 1.17 bits per heavy atom. The number of anilines is 3. The van der Waals surface area contributed by atoms with Crippen molar-refractivity contribution in [3.8, 4) is 5.75 Å². The van der Waals surface area contributed by atoms with Gasteiger partial charge in [0, 0.05) is 18.7 Å². The molecule has 2 N–H and O–H groups in total. The largest absolute Gasteiger partial charge is 0.479 e. The number of aryl methyl sites for hydroxylation is 1. The van der Waals surface area contributed by atoms with Crippen LogP contribution in [0.1, 0.15) is 25.3 Å². The number of rotatable bonds is 4. The molecule has 0 aliphatic carbocycles. The highest BCUT2D eigenvalue weighted by atomic mass is 32.2. The minimum absolute atomic E-state index is 0.00943. The molecular formula is C20H21N3O5S. The molecule has 9 heteroatoms. The number of carbonyl (C=O) groups is 2. The zero-order valence-electron chi connectivity index (χ0n) is 16.1. The van der Waals surface area contributed by atoms with Crippen LogP contribution in [-0.2, 0) is 19.6 Å². The van der Waals surface area contributed by atoms with Gasteiger partial charge < -0.3 is 15.0 Å². The van der Waals surface area contributed by atoms with Gasteiger partial charge in [-0.25, -0.2) is 8.42 Å². The van der Waals surface area contributed by atoms with Crippen LogP contribution in [0.4, 0.5) is 17.1 Å². The summed E-state index contributed by atoms with van der Waals surface area (Å²) in [5.74, 6) is 0.173. The van der Waals surface area contributed by atoms with E-state index in [1.807, 2.05) is 0 Å². The van der Waals surface area contributed by atoms with E-state index in [0.29, 0.717) is 41.3 Å². The van der Waals surface area contributed by atoms with Gasteiger partial charge in [-0.3, -0.25) is 14.3 Å². The number of fused-ring (bicyclic) bond motifs is 1. The fourth-order valence-corrected chi connectivity index (χ4v) is 4.76. The van der Waals surface area contributed by atoms with Crippen LogP contribution in [0.3, 0.4) is 0 Å². The third-order valence-electron chi connectivity index (χ3n) is 5.01. The number of hydrogen-bond donors (Lipinski definition) is 2. The van der Waals surface area contributed by atoms with E-state index in [1.54, 1.807) is 43.0 Å². The van der Waals surface area contributed by atoms with E-state index >= 15 is 0 Å². The molecule has 2 aliphatic heterocycles. The predicted octanol–water partition coefficient (Wildman–Crippen LogP) is 2.64. The van der Waals surface area contributed by atoms with Gasteiger partial charge >= 0.3 is 0 Å². The highest BCUT2D eigenvalue weighted by molar-refractivity contribution is 7.92. The van der Waals surface area contributed by atoms with Crippen LogP contribution in [0.25, 0.3) is 0 Å². The van der Waals surface area contributed by atoms with E-state index < -0.39 is 16.1 Å². The van der Waals surface area contributed by atoms with E-state index in [0.717, 1.165) is 6.42 Å². The smallest absolute Gasteiger partial charge is 0.265 e. The normalized spacial score (nSPS) is 18.8. The van der Waals surface area contributed by atoms with Gasteiger partial charge in [-0.05, 0) is 56.2 Å². The second-order valence-electron chi connectivity index (χ2n) is 7.16. The van der Waals surface area contributed by atoms with Gasteiger partial charge in [0.1, 0.15) is 5.75 Å². The highest BCUT2D eigenvalue weighted by Crippen LogP contribution is 2.33. The Morgan fingerprint density at radius 2 is 1.97 bits per heavy atom. The van der Waals surface area contributed by atoms with Crippen molar-refractivity contribution in [2.24, 2.45) is 0 Å². The van der Waals surface area contributed by atoms with E-state index in [9.17, 15) is 18.0 Å². The number of amides is 2. The molecule has 2 heterocycles. The lowest BCUT2D eigenvalue weighted by molar-refractivity contribution is -0.122. The van der Waals surface area contributed by atoms with Gasteiger partial charge in [0.25, 0.3) is 15.9 Å². The number of nitrogens with one attached hydrogen (secondary N) is 2. The van der Waals surface area contributed by atoms with Crippen molar-refractivity contribution in [1.82, 2.24) is 0 Å². The molecule has 8 nitrogen and oxygen atoms in total. The van der Waals surface area contributed by atoms with Crippen LogP contribution in [0.2, 0.25) is 0 Å². The summed E-state index contributed by atoms with van der Waals surface area (Å²) in [6, 6.07) is 9.66. The minimum atomic E-state index is -3.91. The third kappa shape index (κ3) is 3.65. The molecule has 1 unspecified atom stereocenters. The van der Waals surface area contributed by atoms with E-state index in [2.05, 4.69) is 10.0 Å². The molecule has 2 aromatic rings. The van der Waals surface area contributed by atoms with Crippen LogP contribution in [-0.4, -0.2) is 32.9 Å². The van der Waals surface area contributed by atoms with Crippen molar-refractivity contribution in [2.45, 2.75) is 37.7 Å². The van der Waals surface area contributed by atoms with Gasteiger partial charge in [-0.15, -0.1) is 0 Å². The zero-order valence-corrected chi connectivity index (χ0v) is 16.9. The first kappa shape index (κ1) is 19.3. The molecule has 0 aromatic heterocycles. The van der Waals surface area contributed by atoms with Crippen molar-refractivity contribution in [3.63, 3.8) is 0 Å². The number of ether oxygens (including phenoxy) is 1. The lowest BCUT2D eigenvalue weighted by atomic mass is 10.2. The van der Waals surface area contributed by atoms with Crippen LogP contribution in [0, 0.1) is 6.92 Å². The molecule has 1 fully saturated rings. The van der Waals surface area contributed by atoms with E-state index in [-0.39, 0.29) is 16.7 Å². The van der Waals surface area contributed by atoms with Gasteiger partial charge in [0.2, 0.25) is 5.91 Å². The second-order valence-corrected chi connectivity index (χ2v) is 8.82. The number of benzene rings is 2. The molecular weight excluding hydrogens is 394 g/mol. The first-order valence-electron chi connectivity index (χ1n) is 9.30. The molecule has 2 aromatic carbocycles. The standard InChI is InChI=1S/C20H21N3O5S/c1-12-5-7-15(23-9-3-4-19(23)24)11-18(12)29(26,27)22-14-6-8-17-16(10-14)21-20(25)13(2)28-17/h5-8,10-11,13,22H,3-4,9H2,1-2H3,(H,21,25). The number of sulfonamides is 1.